The molecule has 18 heavy (non-hydrogen) atoms. The van der Waals surface area contributed by atoms with Crippen LogP contribution >= 0.6 is 0 Å². The smallest absolute Gasteiger partial charge is 0.248 e. The Morgan fingerprint density at radius 1 is 1.33 bits per heavy atom. The minimum Gasteiger partial charge on any atom is -0.294 e. The highest BCUT2D eigenvalue weighted by Crippen LogP contribution is 2.37. The molecule has 1 nitrogen and oxygen atoms in total. The van der Waals surface area contributed by atoms with Gasteiger partial charge in [-0.2, -0.15) is 0 Å². The van der Waals surface area contributed by atoms with E-state index in [9.17, 15) is 13.6 Å². The van der Waals surface area contributed by atoms with E-state index in [4.69, 9.17) is 0 Å². The van der Waals surface area contributed by atoms with Crippen LogP contribution in [-0.4, -0.2) is 11.7 Å². The first-order valence-electron chi connectivity index (χ1n) is 6.53. The molecule has 0 N–H and O–H groups in total. The van der Waals surface area contributed by atoms with E-state index in [-0.39, 0.29) is 18.6 Å². The average Bonchev–Trinajstić information content (AvgIpc) is 2.37. The zero-order valence-electron chi connectivity index (χ0n) is 10.6. The van der Waals surface area contributed by atoms with Crippen molar-refractivity contribution < 1.29 is 13.6 Å². The molecule has 1 atom stereocenters. The van der Waals surface area contributed by atoms with Crippen molar-refractivity contribution in [3.63, 3.8) is 0 Å². The summed E-state index contributed by atoms with van der Waals surface area (Å²) in [5, 5.41) is 0. The van der Waals surface area contributed by atoms with Gasteiger partial charge in [-0.15, -0.1) is 0 Å². The number of hydrogen-bond donors (Lipinski definition) is 0. The summed E-state index contributed by atoms with van der Waals surface area (Å²) in [6.45, 7) is 2.04. The number of rotatable bonds is 3. The van der Waals surface area contributed by atoms with Gasteiger partial charge in [0.05, 0.1) is 0 Å². The summed E-state index contributed by atoms with van der Waals surface area (Å²) >= 11 is 0. The van der Waals surface area contributed by atoms with Crippen LogP contribution in [0.25, 0.3) is 0 Å². The van der Waals surface area contributed by atoms with Gasteiger partial charge >= 0.3 is 0 Å². The van der Waals surface area contributed by atoms with Crippen LogP contribution in [0.2, 0.25) is 0 Å². The van der Waals surface area contributed by atoms with E-state index in [2.05, 4.69) is 0 Å². The molecule has 0 saturated heterocycles. The van der Waals surface area contributed by atoms with Crippen molar-refractivity contribution in [3.05, 3.63) is 35.4 Å². The molecule has 0 aromatic heterocycles. The molecule has 1 aliphatic rings. The van der Waals surface area contributed by atoms with Crippen LogP contribution in [0.4, 0.5) is 8.78 Å². The third-order valence-corrected chi connectivity index (χ3v) is 3.66. The first-order valence-corrected chi connectivity index (χ1v) is 6.53. The van der Waals surface area contributed by atoms with Gasteiger partial charge in [0.15, 0.2) is 5.78 Å². The van der Waals surface area contributed by atoms with Crippen molar-refractivity contribution in [2.24, 2.45) is 5.92 Å². The van der Waals surface area contributed by atoms with Gasteiger partial charge in [0.1, 0.15) is 0 Å². The van der Waals surface area contributed by atoms with Gasteiger partial charge in [-0.05, 0) is 24.8 Å². The number of carbonyl (C=O) groups is 1. The largest absolute Gasteiger partial charge is 0.294 e. The maximum Gasteiger partial charge on any atom is 0.248 e. The van der Waals surface area contributed by atoms with Crippen LogP contribution in [0.5, 0.6) is 0 Å². The molecule has 0 aliphatic heterocycles. The summed E-state index contributed by atoms with van der Waals surface area (Å²) in [4.78, 5) is 12.2. The molecule has 0 amide bonds. The second kappa shape index (κ2) is 5.17. The van der Waals surface area contributed by atoms with Crippen molar-refractivity contribution >= 4 is 5.78 Å². The van der Waals surface area contributed by atoms with E-state index in [1.54, 1.807) is 12.1 Å². The fourth-order valence-electron chi connectivity index (χ4n) is 2.54. The van der Waals surface area contributed by atoms with Crippen molar-refractivity contribution in [3.8, 4) is 0 Å². The lowest BCUT2D eigenvalue weighted by atomic mass is 9.81. The number of carbonyl (C=O) groups excluding carboxylic acids is 1. The Morgan fingerprint density at radius 2 is 2.00 bits per heavy atom. The fraction of sp³-hybridized carbons (Fsp3) is 0.533. The monoisotopic (exact) mass is 252 g/mol. The van der Waals surface area contributed by atoms with E-state index in [0.29, 0.717) is 18.4 Å². The Morgan fingerprint density at radius 3 is 2.56 bits per heavy atom. The predicted molar refractivity (Wildman–Crippen MR) is 67.1 cm³/mol. The summed E-state index contributed by atoms with van der Waals surface area (Å²) in [6, 6.07) is 7.31. The fourth-order valence-corrected chi connectivity index (χ4v) is 2.54. The molecule has 0 heterocycles. The van der Waals surface area contributed by atoms with Gasteiger partial charge < -0.3 is 0 Å². The van der Waals surface area contributed by atoms with Crippen molar-refractivity contribution in [1.29, 1.82) is 0 Å². The van der Waals surface area contributed by atoms with E-state index in [1.165, 1.54) is 0 Å². The predicted octanol–water partition coefficient (Wildman–Crippen LogP) is 4.26. The van der Waals surface area contributed by atoms with E-state index < -0.39 is 11.8 Å². The van der Waals surface area contributed by atoms with Crippen LogP contribution in [-0.2, 0) is 6.42 Å². The zero-order valence-corrected chi connectivity index (χ0v) is 10.6. The van der Waals surface area contributed by atoms with Crippen LogP contribution in [0, 0.1) is 5.92 Å². The minimum atomic E-state index is -2.66. The molecule has 0 radical (unpaired) electrons. The Labute approximate surface area is 106 Å². The number of halogens is 2. The second-order valence-corrected chi connectivity index (χ2v) is 5.06. The molecule has 0 spiro atoms. The maximum atomic E-state index is 13.3. The third kappa shape index (κ3) is 2.95. The van der Waals surface area contributed by atoms with Crippen LogP contribution in [0.3, 0.4) is 0 Å². The summed E-state index contributed by atoms with van der Waals surface area (Å²) < 4.78 is 26.6. The van der Waals surface area contributed by atoms with E-state index in [1.807, 2.05) is 19.1 Å². The molecule has 1 aliphatic carbocycles. The van der Waals surface area contributed by atoms with Crippen LogP contribution in [0.1, 0.15) is 48.5 Å². The maximum absolute atomic E-state index is 13.3. The van der Waals surface area contributed by atoms with Crippen LogP contribution in [0.15, 0.2) is 24.3 Å². The summed E-state index contributed by atoms with van der Waals surface area (Å²) in [7, 11) is 0. The Kier molecular flexibility index (Phi) is 3.79. The number of alkyl halides is 2. The first-order chi connectivity index (χ1) is 8.52. The van der Waals surface area contributed by atoms with Crippen molar-refractivity contribution in [2.75, 3.05) is 0 Å². The van der Waals surface area contributed by atoms with Gasteiger partial charge in [0, 0.05) is 24.3 Å². The van der Waals surface area contributed by atoms with Gasteiger partial charge in [0.2, 0.25) is 5.92 Å². The summed E-state index contributed by atoms with van der Waals surface area (Å²) in [5.41, 5.74) is 1.72. The molecule has 3 heteroatoms. The third-order valence-electron chi connectivity index (χ3n) is 3.66. The number of ketones is 1. The Balaban J connectivity index is 2.10. The van der Waals surface area contributed by atoms with Crippen molar-refractivity contribution in [1.82, 2.24) is 0 Å². The lowest BCUT2D eigenvalue weighted by molar-refractivity contribution is -0.0477. The summed E-state index contributed by atoms with van der Waals surface area (Å²) in [6.07, 6.45) is 1.57. The quantitative estimate of drug-likeness (QED) is 0.735. The number of aryl methyl sites for hydroxylation is 1. The lowest BCUT2D eigenvalue weighted by Crippen LogP contribution is -2.30. The number of Topliss-reactive ketones (excluding diaryl/α,β-unsaturated/α-hetero) is 1. The number of hydrogen-bond acceptors (Lipinski definition) is 1. The highest BCUT2D eigenvalue weighted by atomic mass is 19.3. The molecule has 1 saturated carbocycles. The molecular formula is C15H18F2O. The second-order valence-electron chi connectivity index (χ2n) is 5.06. The SMILES string of the molecule is CCc1ccc(C(=O)C2CCCC(F)(F)C2)cc1. The molecule has 2 rings (SSSR count). The highest BCUT2D eigenvalue weighted by Gasteiger charge is 2.39. The molecule has 1 aromatic rings. The van der Waals surface area contributed by atoms with E-state index in [0.717, 1.165) is 12.0 Å². The van der Waals surface area contributed by atoms with Gasteiger partial charge in [0.25, 0.3) is 0 Å². The minimum absolute atomic E-state index is 0.0778. The summed E-state index contributed by atoms with van der Waals surface area (Å²) in [5.74, 6) is -3.31. The zero-order chi connectivity index (χ0) is 13.2. The number of benzene rings is 1. The van der Waals surface area contributed by atoms with Gasteiger partial charge in [-0.25, -0.2) is 8.78 Å². The van der Waals surface area contributed by atoms with Crippen molar-refractivity contribution in [2.45, 2.75) is 45.0 Å². The standard InChI is InChI=1S/C15H18F2O/c1-2-11-5-7-12(8-6-11)14(18)13-4-3-9-15(16,17)10-13/h5-8,13H,2-4,9-10H2,1H3. The normalized spacial score (nSPS) is 22.7. The first kappa shape index (κ1) is 13.2. The Hall–Kier alpha value is -1.25. The molecule has 0 bridgehead atoms. The van der Waals surface area contributed by atoms with Gasteiger partial charge in [-0.1, -0.05) is 31.2 Å². The molecule has 1 fully saturated rings. The molecule has 1 unspecified atom stereocenters. The van der Waals surface area contributed by atoms with Gasteiger partial charge in [-0.3, -0.25) is 4.79 Å². The average molecular weight is 252 g/mol. The molecular weight excluding hydrogens is 234 g/mol. The topological polar surface area (TPSA) is 17.1 Å². The Bertz CT molecular complexity index is 423. The lowest BCUT2D eigenvalue weighted by Gasteiger charge is -2.27. The molecule has 1 aromatic carbocycles. The van der Waals surface area contributed by atoms with Crippen LogP contribution < -0.4 is 0 Å². The molecule has 98 valence electrons. The van der Waals surface area contributed by atoms with E-state index >= 15 is 0 Å². The highest BCUT2D eigenvalue weighted by molar-refractivity contribution is 5.98.